The molecule has 1 aromatic rings. The smallest absolute Gasteiger partial charge is 0.270 e. The molecule has 1 aromatic heterocycles. The maximum absolute atomic E-state index is 12.6. The van der Waals surface area contributed by atoms with Crippen molar-refractivity contribution in [1.29, 1.82) is 0 Å². The summed E-state index contributed by atoms with van der Waals surface area (Å²) in [7, 11) is 0. The fourth-order valence-corrected chi connectivity index (χ4v) is 3.84. The second-order valence-electron chi connectivity index (χ2n) is 8.02. The topological polar surface area (TPSA) is 84.4 Å². The van der Waals surface area contributed by atoms with E-state index >= 15 is 0 Å². The van der Waals surface area contributed by atoms with Crippen LogP contribution in [0.4, 0.5) is 0 Å². The van der Waals surface area contributed by atoms with E-state index < -0.39 is 0 Å². The monoisotopic (exact) mass is 374 g/mol. The molecule has 3 rings (SSSR count). The SMILES string of the molecule is CC(=O)N1CCC(C)(c2cc(C(=O)NCC3CCOCC3)nc(C)n2)CC1. The van der Waals surface area contributed by atoms with E-state index in [-0.39, 0.29) is 17.2 Å². The van der Waals surface area contributed by atoms with Gasteiger partial charge in [-0.25, -0.2) is 9.97 Å². The van der Waals surface area contributed by atoms with Gasteiger partial charge in [0.1, 0.15) is 11.5 Å². The zero-order valence-corrected chi connectivity index (χ0v) is 16.6. The zero-order chi connectivity index (χ0) is 19.4. The van der Waals surface area contributed by atoms with Gasteiger partial charge in [0.15, 0.2) is 0 Å². The number of aromatic nitrogens is 2. The maximum atomic E-state index is 12.6. The molecule has 148 valence electrons. The summed E-state index contributed by atoms with van der Waals surface area (Å²) < 4.78 is 5.37. The van der Waals surface area contributed by atoms with E-state index in [4.69, 9.17) is 4.74 Å². The number of likely N-dealkylation sites (tertiary alicyclic amines) is 1. The number of aryl methyl sites for hydroxylation is 1. The molecule has 2 saturated heterocycles. The lowest BCUT2D eigenvalue weighted by Crippen LogP contribution is -2.43. The lowest BCUT2D eigenvalue weighted by atomic mass is 9.77. The van der Waals surface area contributed by atoms with E-state index in [9.17, 15) is 9.59 Å². The van der Waals surface area contributed by atoms with Gasteiger partial charge in [-0.3, -0.25) is 9.59 Å². The van der Waals surface area contributed by atoms with Crippen molar-refractivity contribution in [2.24, 2.45) is 5.92 Å². The van der Waals surface area contributed by atoms with Gasteiger partial charge in [-0.1, -0.05) is 6.92 Å². The highest BCUT2D eigenvalue weighted by Gasteiger charge is 2.34. The van der Waals surface area contributed by atoms with Crippen LogP contribution in [0.3, 0.4) is 0 Å². The Labute approximate surface area is 160 Å². The molecule has 7 heteroatoms. The van der Waals surface area contributed by atoms with Crippen molar-refractivity contribution < 1.29 is 14.3 Å². The molecule has 3 heterocycles. The third-order valence-corrected chi connectivity index (χ3v) is 5.89. The molecule has 27 heavy (non-hydrogen) atoms. The van der Waals surface area contributed by atoms with Crippen molar-refractivity contribution in [3.8, 4) is 0 Å². The van der Waals surface area contributed by atoms with Gasteiger partial charge < -0.3 is 15.0 Å². The van der Waals surface area contributed by atoms with E-state index in [1.165, 1.54) is 0 Å². The third kappa shape index (κ3) is 4.83. The van der Waals surface area contributed by atoms with E-state index in [1.807, 2.05) is 17.9 Å². The van der Waals surface area contributed by atoms with Crippen LogP contribution in [0.15, 0.2) is 6.07 Å². The van der Waals surface area contributed by atoms with Gasteiger partial charge in [-0.2, -0.15) is 0 Å². The molecule has 1 N–H and O–H groups in total. The summed E-state index contributed by atoms with van der Waals surface area (Å²) in [5.74, 6) is 1.06. The molecule has 2 fully saturated rings. The van der Waals surface area contributed by atoms with Crippen LogP contribution in [0.5, 0.6) is 0 Å². The minimum Gasteiger partial charge on any atom is -0.381 e. The Bertz CT molecular complexity index is 692. The Hall–Kier alpha value is -2.02. The number of nitrogens with one attached hydrogen (secondary N) is 1. The van der Waals surface area contributed by atoms with Crippen LogP contribution >= 0.6 is 0 Å². The molecular weight excluding hydrogens is 344 g/mol. The number of rotatable bonds is 4. The van der Waals surface area contributed by atoms with Crippen LogP contribution in [0.25, 0.3) is 0 Å². The Kier molecular flexibility index (Phi) is 6.09. The zero-order valence-electron chi connectivity index (χ0n) is 16.6. The molecule has 2 aliphatic heterocycles. The first-order valence-corrected chi connectivity index (χ1v) is 9.85. The van der Waals surface area contributed by atoms with Gasteiger partial charge in [-0.05, 0) is 44.6 Å². The molecule has 0 aliphatic carbocycles. The summed E-state index contributed by atoms with van der Waals surface area (Å²) in [5, 5.41) is 3.02. The Balaban J connectivity index is 1.68. The van der Waals surface area contributed by atoms with Crippen LogP contribution in [0.2, 0.25) is 0 Å². The number of hydrogen-bond acceptors (Lipinski definition) is 5. The predicted octanol–water partition coefficient (Wildman–Crippen LogP) is 1.84. The summed E-state index contributed by atoms with van der Waals surface area (Å²) >= 11 is 0. The quantitative estimate of drug-likeness (QED) is 0.869. The lowest BCUT2D eigenvalue weighted by Gasteiger charge is -2.38. The van der Waals surface area contributed by atoms with Gasteiger partial charge in [0.05, 0.1) is 5.69 Å². The van der Waals surface area contributed by atoms with Crippen LogP contribution in [-0.2, 0) is 14.9 Å². The van der Waals surface area contributed by atoms with Gasteiger partial charge in [0, 0.05) is 45.2 Å². The Morgan fingerprint density at radius 1 is 1.26 bits per heavy atom. The molecule has 0 radical (unpaired) electrons. The van der Waals surface area contributed by atoms with Crippen molar-refractivity contribution >= 4 is 11.8 Å². The van der Waals surface area contributed by atoms with Crippen LogP contribution in [-0.4, -0.2) is 59.5 Å². The number of nitrogens with zero attached hydrogens (tertiary/aromatic N) is 3. The average molecular weight is 374 g/mol. The number of carbonyl (C=O) groups is 2. The van der Waals surface area contributed by atoms with Crippen molar-refractivity contribution in [3.05, 3.63) is 23.3 Å². The molecule has 0 bridgehead atoms. The van der Waals surface area contributed by atoms with Gasteiger partial charge in [0.2, 0.25) is 5.91 Å². The van der Waals surface area contributed by atoms with Crippen molar-refractivity contribution in [2.45, 2.75) is 51.9 Å². The second kappa shape index (κ2) is 8.33. The highest BCUT2D eigenvalue weighted by Crippen LogP contribution is 2.34. The molecule has 2 amide bonds. The van der Waals surface area contributed by atoms with E-state index in [2.05, 4.69) is 22.2 Å². The summed E-state index contributed by atoms with van der Waals surface area (Å²) in [6.07, 6.45) is 3.65. The number of piperidine rings is 1. The fraction of sp³-hybridized carbons (Fsp3) is 0.700. The lowest BCUT2D eigenvalue weighted by molar-refractivity contribution is -0.130. The first-order chi connectivity index (χ1) is 12.9. The Morgan fingerprint density at radius 2 is 1.93 bits per heavy atom. The van der Waals surface area contributed by atoms with Gasteiger partial charge in [-0.15, -0.1) is 0 Å². The molecule has 2 aliphatic rings. The average Bonchev–Trinajstić information content (AvgIpc) is 2.67. The third-order valence-electron chi connectivity index (χ3n) is 5.89. The minimum absolute atomic E-state index is 0.115. The normalized spacial score (nSPS) is 20.3. The van der Waals surface area contributed by atoms with Crippen LogP contribution < -0.4 is 5.32 Å². The number of amides is 2. The second-order valence-corrected chi connectivity index (χ2v) is 8.02. The van der Waals surface area contributed by atoms with E-state index in [0.29, 0.717) is 24.0 Å². The Morgan fingerprint density at radius 3 is 2.56 bits per heavy atom. The van der Waals surface area contributed by atoms with Gasteiger partial charge >= 0.3 is 0 Å². The standard InChI is InChI=1S/C20H30N4O3/c1-14-22-17(19(26)21-13-16-4-10-27-11-5-16)12-18(23-14)20(3)6-8-24(9-7-20)15(2)25/h12,16H,4-11,13H2,1-3H3,(H,21,26). The van der Waals surface area contributed by atoms with Crippen molar-refractivity contribution in [3.63, 3.8) is 0 Å². The number of hydrogen-bond donors (Lipinski definition) is 1. The minimum atomic E-state index is -0.143. The maximum Gasteiger partial charge on any atom is 0.270 e. The van der Waals surface area contributed by atoms with E-state index in [0.717, 1.165) is 57.7 Å². The molecule has 0 unspecified atom stereocenters. The molecule has 0 atom stereocenters. The summed E-state index contributed by atoms with van der Waals surface area (Å²) in [5.41, 5.74) is 1.18. The summed E-state index contributed by atoms with van der Waals surface area (Å²) in [6.45, 7) is 9.24. The molecule has 0 spiro atoms. The van der Waals surface area contributed by atoms with Crippen LogP contribution in [0.1, 0.15) is 61.5 Å². The highest BCUT2D eigenvalue weighted by atomic mass is 16.5. The highest BCUT2D eigenvalue weighted by molar-refractivity contribution is 5.92. The van der Waals surface area contributed by atoms with Crippen molar-refractivity contribution in [2.75, 3.05) is 32.8 Å². The van der Waals surface area contributed by atoms with Crippen LogP contribution in [0, 0.1) is 12.8 Å². The van der Waals surface area contributed by atoms with Gasteiger partial charge in [0.25, 0.3) is 5.91 Å². The molecule has 0 saturated carbocycles. The van der Waals surface area contributed by atoms with Crippen molar-refractivity contribution in [1.82, 2.24) is 20.2 Å². The summed E-state index contributed by atoms with van der Waals surface area (Å²) in [4.78, 5) is 35.1. The molecule has 0 aromatic carbocycles. The first kappa shape index (κ1) is 19.7. The van der Waals surface area contributed by atoms with E-state index in [1.54, 1.807) is 6.92 Å². The number of carbonyl (C=O) groups excluding carboxylic acids is 2. The largest absolute Gasteiger partial charge is 0.381 e. The summed E-state index contributed by atoms with van der Waals surface area (Å²) in [6, 6.07) is 1.83. The molecular formula is C20H30N4O3. The predicted molar refractivity (Wildman–Crippen MR) is 101 cm³/mol. The number of ether oxygens (including phenoxy) is 1. The fourth-order valence-electron chi connectivity index (χ4n) is 3.84. The molecule has 7 nitrogen and oxygen atoms in total. The first-order valence-electron chi connectivity index (χ1n) is 9.85.